The van der Waals surface area contributed by atoms with Crippen molar-refractivity contribution >= 4 is 34.8 Å². The summed E-state index contributed by atoms with van der Waals surface area (Å²) in [7, 11) is 0. The number of hydrogen-bond donors (Lipinski definition) is 3. The molecule has 1 aromatic rings. The summed E-state index contributed by atoms with van der Waals surface area (Å²) in [5, 5.41) is 11.9. The van der Waals surface area contributed by atoms with E-state index in [1.807, 2.05) is 13.8 Å². The van der Waals surface area contributed by atoms with Crippen molar-refractivity contribution in [1.29, 1.82) is 0 Å². The Morgan fingerprint density at radius 1 is 1.56 bits per heavy atom. The molecule has 7 heteroatoms. The van der Waals surface area contributed by atoms with Gasteiger partial charge in [0.25, 0.3) is 5.91 Å². The number of hydrogen-bond acceptors (Lipinski definition) is 4. The molecule has 1 atom stereocenters. The van der Waals surface area contributed by atoms with Crippen molar-refractivity contribution in [3.05, 3.63) is 21.9 Å². The largest absolute Gasteiger partial charge is 0.396 e. The predicted molar refractivity (Wildman–Crippen MR) is 71.8 cm³/mol. The molecule has 5 nitrogen and oxygen atoms in total. The summed E-state index contributed by atoms with van der Waals surface area (Å²) in [5.41, 5.74) is 5.89. The van der Waals surface area contributed by atoms with E-state index in [0.29, 0.717) is 0 Å². The molecule has 4 N–H and O–H groups in total. The van der Waals surface area contributed by atoms with Crippen molar-refractivity contribution < 1.29 is 9.90 Å². The first kappa shape index (κ1) is 15.0. The molecule has 1 rings (SSSR count). The van der Waals surface area contributed by atoms with Crippen molar-refractivity contribution in [1.82, 2.24) is 10.3 Å². The van der Waals surface area contributed by atoms with E-state index in [9.17, 15) is 4.79 Å². The molecule has 18 heavy (non-hydrogen) atoms. The van der Waals surface area contributed by atoms with E-state index in [1.54, 1.807) is 0 Å². The van der Waals surface area contributed by atoms with E-state index >= 15 is 0 Å². The maximum Gasteiger partial charge on any atom is 0.253 e. The highest BCUT2D eigenvalue weighted by molar-refractivity contribution is 6.35. The highest BCUT2D eigenvalue weighted by Gasteiger charge is 2.19. The zero-order chi connectivity index (χ0) is 13.9. The fourth-order valence-electron chi connectivity index (χ4n) is 1.35. The molecular weight excluding hydrogens is 277 g/mol. The third-order valence-electron chi connectivity index (χ3n) is 2.54. The SMILES string of the molecule is CC(C)C(CO)NC(=O)c1cc(Cl)nc(Cl)c1N. The van der Waals surface area contributed by atoms with Gasteiger partial charge in [-0.1, -0.05) is 37.0 Å². The Hall–Kier alpha value is -1.04. The predicted octanol–water partition coefficient (Wildman–Crippen LogP) is 1.72. The number of halogens is 2. The van der Waals surface area contributed by atoms with Crippen molar-refractivity contribution in [2.75, 3.05) is 12.3 Å². The zero-order valence-electron chi connectivity index (χ0n) is 10.1. The first-order valence-electron chi connectivity index (χ1n) is 5.40. The molecule has 0 saturated carbocycles. The van der Waals surface area contributed by atoms with Crippen LogP contribution >= 0.6 is 23.2 Å². The molecule has 1 aromatic heterocycles. The molecule has 0 bridgehead atoms. The van der Waals surface area contributed by atoms with Crippen molar-refractivity contribution in [2.24, 2.45) is 5.92 Å². The summed E-state index contributed by atoms with van der Waals surface area (Å²) in [6.07, 6.45) is 0. The van der Waals surface area contributed by atoms with Crippen LogP contribution in [0.4, 0.5) is 5.69 Å². The molecule has 100 valence electrons. The van der Waals surface area contributed by atoms with E-state index in [1.165, 1.54) is 6.07 Å². The van der Waals surface area contributed by atoms with Gasteiger partial charge in [0, 0.05) is 0 Å². The maximum absolute atomic E-state index is 12.0. The molecule has 0 aliphatic heterocycles. The summed E-state index contributed by atoms with van der Waals surface area (Å²) in [6.45, 7) is 3.61. The Balaban J connectivity index is 2.97. The second kappa shape index (κ2) is 6.22. The standard InChI is InChI=1S/C11H15Cl2N3O2/c1-5(2)7(4-17)15-11(18)6-3-8(12)16-10(13)9(6)14/h3,5,7,17H,4,14H2,1-2H3,(H,15,18). The average Bonchev–Trinajstić information content (AvgIpc) is 2.29. The lowest BCUT2D eigenvalue weighted by atomic mass is 10.0. The molecule has 0 spiro atoms. The van der Waals surface area contributed by atoms with Gasteiger partial charge in [0.15, 0.2) is 5.15 Å². The minimum Gasteiger partial charge on any atom is -0.396 e. The Morgan fingerprint density at radius 3 is 2.67 bits per heavy atom. The number of aromatic nitrogens is 1. The highest BCUT2D eigenvalue weighted by atomic mass is 35.5. The molecule has 0 radical (unpaired) electrons. The highest BCUT2D eigenvalue weighted by Crippen LogP contribution is 2.24. The van der Waals surface area contributed by atoms with Crippen molar-refractivity contribution in [3.8, 4) is 0 Å². The Kier molecular flexibility index (Phi) is 5.19. The van der Waals surface area contributed by atoms with Gasteiger partial charge in [-0.25, -0.2) is 4.98 Å². The van der Waals surface area contributed by atoms with E-state index in [-0.39, 0.29) is 40.1 Å². The van der Waals surface area contributed by atoms with Gasteiger partial charge in [-0.05, 0) is 12.0 Å². The van der Waals surface area contributed by atoms with Crippen LogP contribution in [0.25, 0.3) is 0 Å². The van der Waals surface area contributed by atoms with Crippen LogP contribution in [0.3, 0.4) is 0 Å². The number of nitrogens with two attached hydrogens (primary N) is 1. The zero-order valence-corrected chi connectivity index (χ0v) is 11.6. The van der Waals surface area contributed by atoms with Crippen LogP contribution in [0.15, 0.2) is 6.07 Å². The lowest BCUT2D eigenvalue weighted by molar-refractivity contribution is 0.0897. The number of nitrogens with one attached hydrogen (secondary N) is 1. The number of aliphatic hydroxyl groups excluding tert-OH is 1. The lowest BCUT2D eigenvalue weighted by Crippen LogP contribution is -2.41. The Bertz CT molecular complexity index is 452. The summed E-state index contributed by atoms with van der Waals surface area (Å²) >= 11 is 11.5. The van der Waals surface area contributed by atoms with Crippen LogP contribution in [0, 0.1) is 5.92 Å². The number of rotatable bonds is 4. The molecule has 0 aliphatic rings. The summed E-state index contributed by atoms with van der Waals surface area (Å²) in [5.74, 6) is -0.348. The second-order valence-corrected chi connectivity index (χ2v) is 4.95. The van der Waals surface area contributed by atoms with Crippen molar-refractivity contribution in [3.63, 3.8) is 0 Å². The number of amides is 1. The van der Waals surface area contributed by atoms with Gasteiger partial charge >= 0.3 is 0 Å². The quantitative estimate of drug-likeness (QED) is 0.737. The number of aliphatic hydroxyl groups is 1. The molecule has 0 saturated heterocycles. The summed E-state index contributed by atoms with van der Waals surface area (Å²) < 4.78 is 0. The van der Waals surface area contributed by atoms with Gasteiger partial charge in [0.2, 0.25) is 0 Å². The minimum absolute atomic E-state index is 0.0160. The Labute approximate surface area is 115 Å². The second-order valence-electron chi connectivity index (χ2n) is 4.20. The van der Waals surface area contributed by atoms with Gasteiger partial charge in [0.05, 0.1) is 23.9 Å². The summed E-state index contributed by atoms with van der Waals surface area (Å²) in [4.78, 5) is 15.7. The van der Waals surface area contributed by atoms with Gasteiger partial charge in [-0.3, -0.25) is 4.79 Å². The van der Waals surface area contributed by atoms with Gasteiger partial charge in [-0.15, -0.1) is 0 Å². The molecule has 0 aliphatic carbocycles. The molecule has 1 unspecified atom stereocenters. The van der Waals surface area contributed by atoms with E-state index < -0.39 is 5.91 Å². The van der Waals surface area contributed by atoms with Crippen LogP contribution < -0.4 is 11.1 Å². The number of nitrogen functional groups attached to an aromatic ring is 1. The minimum atomic E-state index is -0.438. The van der Waals surface area contributed by atoms with E-state index in [0.717, 1.165) is 0 Å². The number of nitrogens with zero attached hydrogens (tertiary/aromatic N) is 1. The van der Waals surface area contributed by atoms with Gasteiger partial charge in [0.1, 0.15) is 5.15 Å². The Morgan fingerprint density at radius 2 is 2.17 bits per heavy atom. The van der Waals surface area contributed by atoms with Gasteiger partial charge < -0.3 is 16.2 Å². The summed E-state index contributed by atoms with van der Waals surface area (Å²) in [6, 6.07) is 0.981. The third-order valence-corrected chi connectivity index (χ3v) is 3.03. The monoisotopic (exact) mass is 291 g/mol. The molecular formula is C11H15Cl2N3O2. The molecule has 1 amide bonds. The number of carbonyl (C=O) groups excluding carboxylic acids is 1. The maximum atomic E-state index is 12.0. The number of carbonyl (C=O) groups is 1. The van der Waals surface area contributed by atoms with E-state index in [2.05, 4.69) is 10.3 Å². The van der Waals surface area contributed by atoms with Crippen LogP contribution in [-0.4, -0.2) is 28.6 Å². The lowest BCUT2D eigenvalue weighted by Gasteiger charge is -2.20. The van der Waals surface area contributed by atoms with Crippen molar-refractivity contribution in [2.45, 2.75) is 19.9 Å². The van der Waals surface area contributed by atoms with Gasteiger partial charge in [-0.2, -0.15) is 0 Å². The van der Waals surface area contributed by atoms with Crippen LogP contribution in [0.2, 0.25) is 10.3 Å². The third kappa shape index (κ3) is 3.48. The normalized spacial score (nSPS) is 12.6. The number of pyridine rings is 1. The smallest absolute Gasteiger partial charge is 0.253 e. The van der Waals surface area contributed by atoms with Crippen LogP contribution in [0.5, 0.6) is 0 Å². The van der Waals surface area contributed by atoms with E-state index in [4.69, 9.17) is 34.0 Å². The fourth-order valence-corrected chi connectivity index (χ4v) is 1.78. The average molecular weight is 292 g/mol. The fraction of sp³-hybridized carbons (Fsp3) is 0.455. The first-order chi connectivity index (χ1) is 8.36. The first-order valence-corrected chi connectivity index (χ1v) is 6.15. The molecule has 0 fully saturated rings. The topological polar surface area (TPSA) is 88.2 Å². The van der Waals surface area contributed by atoms with Crippen LogP contribution in [0.1, 0.15) is 24.2 Å². The number of anilines is 1. The molecule has 0 aromatic carbocycles. The molecule has 1 heterocycles. The van der Waals surface area contributed by atoms with Crippen LogP contribution in [-0.2, 0) is 0 Å².